The minimum absolute atomic E-state index is 0.0523. The van der Waals surface area contributed by atoms with E-state index in [9.17, 15) is 14.5 Å². The third-order valence-electron chi connectivity index (χ3n) is 2.73. The molecule has 1 heterocycles. The molecule has 0 spiro atoms. The molecule has 0 saturated carbocycles. The summed E-state index contributed by atoms with van der Waals surface area (Å²) in [6.45, 7) is 6.62. The third kappa shape index (κ3) is 3.82. The van der Waals surface area contributed by atoms with Crippen LogP contribution in [0.4, 0.5) is 10.1 Å². The van der Waals surface area contributed by atoms with Crippen molar-refractivity contribution in [3.63, 3.8) is 0 Å². The van der Waals surface area contributed by atoms with Crippen molar-refractivity contribution in [1.29, 1.82) is 0 Å². The molecule has 0 saturated heterocycles. The first-order valence-electron chi connectivity index (χ1n) is 6.37. The average molecular weight is 293 g/mol. The lowest BCUT2D eigenvalue weighted by Crippen LogP contribution is -2.35. The fourth-order valence-corrected chi connectivity index (χ4v) is 1.65. The van der Waals surface area contributed by atoms with Crippen molar-refractivity contribution in [3.05, 3.63) is 46.0 Å². The summed E-state index contributed by atoms with van der Waals surface area (Å²) in [6, 6.07) is 3.60. The molecule has 0 aliphatic heterocycles. The molecule has 2 aromatic rings. The van der Waals surface area contributed by atoms with Crippen LogP contribution in [-0.2, 0) is 6.54 Å². The van der Waals surface area contributed by atoms with Crippen LogP contribution in [0.1, 0.15) is 26.5 Å². The maximum Gasteiger partial charge on any atom is 0.304 e. The number of nitrogens with one attached hydrogen (secondary N) is 1. The van der Waals surface area contributed by atoms with Gasteiger partial charge >= 0.3 is 5.69 Å². The van der Waals surface area contributed by atoms with Crippen LogP contribution >= 0.6 is 0 Å². The second-order valence-corrected chi connectivity index (χ2v) is 5.65. The van der Waals surface area contributed by atoms with Crippen molar-refractivity contribution in [1.82, 2.24) is 20.3 Å². The molecule has 0 fully saturated rings. The fourth-order valence-electron chi connectivity index (χ4n) is 1.65. The van der Waals surface area contributed by atoms with Crippen LogP contribution in [0.25, 0.3) is 5.69 Å². The third-order valence-corrected chi connectivity index (χ3v) is 2.73. The SMILES string of the molecule is CC(C)(C)NCc1cn(-c2ccc([N+](=O)[O-])c(F)c2)nn1. The molecule has 21 heavy (non-hydrogen) atoms. The highest BCUT2D eigenvalue weighted by molar-refractivity contribution is 5.41. The quantitative estimate of drug-likeness (QED) is 0.690. The second kappa shape index (κ2) is 5.57. The molecule has 1 N–H and O–H groups in total. The molecule has 1 aromatic carbocycles. The summed E-state index contributed by atoms with van der Waals surface area (Å²) in [5.74, 6) is -0.901. The van der Waals surface area contributed by atoms with Crippen LogP contribution in [0.3, 0.4) is 0 Å². The first-order valence-corrected chi connectivity index (χ1v) is 6.37. The van der Waals surface area contributed by atoms with Crippen LogP contribution in [0.2, 0.25) is 0 Å². The van der Waals surface area contributed by atoms with E-state index in [2.05, 4.69) is 15.6 Å². The Morgan fingerprint density at radius 3 is 2.71 bits per heavy atom. The van der Waals surface area contributed by atoms with E-state index in [0.717, 1.165) is 12.1 Å². The molecule has 7 nitrogen and oxygen atoms in total. The van der Waals surface area contributed by atoms with Crippen molar-refractivity contribution in [3.8, 4) is 5.69 Å². The molecule has 1 aromatic heterocycles. The van der Waals surface area contributed by atoms with E-state index in [0.29, 0.717) is 17.9 Å². The highest BCUT2D eigenvalue weighted by atomic mass is 19.1. The van der Waals surface area contributed by atoms with Gasteiger partial charge in [-0.1, -0.05) is 5.21 Å². The fraction of sp³-hybridized carbons (Fsp3) is 0.385. The van der Waals surface area contributed by atoms with Gasteiger partial charge in [0.15, 0.2) is 0 Å². The van der Waals surface area contributed by atoms with Crippen molar-refractivity contribution < 1.29 is 9.31 Å². The molecule has 0 radical (unpaired) electrons. The largest absolute Gasteiger partial charge is 0.306 e. The van der Waals surface area contributed by atoms with Crippen LogP contribution in [0.15, 0.2) is 24.4 Å². The summed E-state index contributed by atoms with van der Waals surface area (Å²) in [6.07, 6.45) is 1.65. The van der Waals surface area contributed by atoms with E-state index in [1.54, 1.807) is 6.20 Å². The van der Waals surface area contributed by atoms with Gasteiger partial charge in [0.2, 0.25) is 5.82 Å². The van der Waals surface area contributed by atoms with Gasteiger partial charge in [-0.3, -0.25) is 10.1 Å². The Labute approximate surface area is 120 Å². The molecule has 0 atom stereocenters. The number of aromatic nitrogens is 3. The normalized spacial score (nSPS) is 11.6. The van der Waals surface area contributed by atoms with Crippen LogP contribution in [0.5, 0.6) is 0 Å². The summed E-state index contributed by atoms with van der Waals surface area (Å²) >= 11 is 0. The predicted molar refractivity (Wildman–Crippen MR) is 74.6 cm³/mol. The lowest BCUT2D eigenvalue weighted by Gasteiger charge is -2.19. The van der Waals surface area contributed by atoms with Gasteiger partial charge in [-0.05, 0) is 26.8 Å². The molecule has 0 bridgehead atoms. The highest BCUT2D eigenvalue weighted by Gasteiger charge is 2.15. The standard InChI is InChI=1S/C13H16FN5O2/c1-13(2,3)15-7-9-8-18(17-16-9)10-4-5-12(19(20)21)11(14)6-10/h4-6,8,15H,7H2,1-3H3. The van der Waals surface area contributed by atoms with E-state index >= 15 is 0 Å². The Morgan fingerprint density at radius 2 is 2.14 bits per heavy atom. The topological polar surface area (TPSA) is 85.9 Å². The molecule has 0 aliphatic carbocycles. The lowest BCUT2D eigenvalue weighted by atomic mass is 10.1. The Bertz CT molecular complexity index is 663. The molecule has 0 amide bonds. The number of halogens is 1. The number of hydrogen-bond acceptors (Lipinski definition) is 5. The van der Waals surface area contributed by atoms with E-state index in [1.165, 1.54) is 10.7 Å². The van der Waals surface area contributed by atoms with Gasteiger partial charge in [0.25, 0.3) is 0 Å². The zero-order chi connectivity index (χ0) is 15.6. The number of nitro benzene ring substituents is 1. The van der Waals surface area contributed by atoms with Gasteiger partial charge in [-0.15, -0.1) is 5.10 Å². The zero-order valence-corrected chi connectivity index (χ0v) is 12.0. The van der Waals surface area contributed by atoms with E-state index in [4.69, 9.17) is 0 Å². The smallest absolute Gasteiger partial charge is 0.304 e. The Kier molecular flexibility index (Phi) is 3.99. The van der Waals surface area contributed by atoms with Gasteiger partial charge in [-0.25, -0.2) is 4.68 Å². The van der Waals surface area contributed by atoms with Gasteiger partial charge in [-0.2, -0.15) is 4.39 Å². The summed E-state index contributed by atoms with van der Waals surface area (Å²) in [4.78, 5) is 9.81. The van der Waals surface area contributed by atoms with Crippen LogP contribution < -0.4 is 5.32 Å². The number of nitro groups is 1. The monoisotopic (exact) mass is 293 g/mol. The molecular weight excluding hydrogens is 277 g/mol. The van der Waals surface area contributed by atoms with Gasteiger partial charge in [0.05, 0.1) is 22.5 Å². The average Bonchev–Trinajstić information content (AvgIpc) is 2.83. The molecular formula is C13H16FN5O2. The minimum atomic E-state index is -0.901. The molecule has 8 heteroatoms. The molecule has 112 valence electrons. The number of benzene rings is 1. The van der Waals surface area contributed by atoms with Crippen molar-refractivity contribution in [2.75, 3.05) is 0 Å². The predicted octanol–water partition coefficient (Wildman–Crippen LogP) is 2.20. The second-order valence-electron chi connectivity index (χ2n) is 5.65. The van der Waals surface area contributed by atoms with Crippen molar-refractivity contribution >= 4 is 5.69 Å². The molecule has 0 aliphatic rings. The minimum Gasteiger partial charge on any atom is -0.306 e. The van der Waals surface area contributed by atoms with Gasteiger partial charge < -0.3 is 5.32 Å². The lowest BCUT2D eigenvalue weighted by molar-refractivity contribution is -0.387. The van der Waals surface area contributed by atoms with E-state index in [-0.39, 0.29) is 5.54 Å². The van der Waals surface area contributed by atoms with Gasteiger partial charge in [0.1, 0.15) is 0 Å². The summed E-state index contributed by atoms with van der Waals surface area (Å²) in [5, 5.41) is 21.7. The maximum absolute atomic E-state index is 13.6. The first-order chi connectivity index (χ1) is 9.76. The zero-order valence-electron chi connectivity index (χ0n) is 12.0. The molecule has 2 rings (SSSR count). The Balaban J connectivity index is 2.18. The number of rotatable bonds is 4. The van der Waals surface area contributed by atoms with E-state index in [1.807, 2.05) is 20.8 Å². The summed E-state index contributed by atoms with van der Waals surface area (Å²) in [7, 11) is 0. The van der Waals surface area contributed by atoms with Crippen LogP contribution in [-0.4, -0.2) is 25.5 Å². The highest BCUT2D eigenvalue weighted by Crippen LogP contribution is 2.19. The van der Waals surface area contributed by atoms with Crippen LogP contribution in [0, 0.1) is 15.9 Å². The van der Waals surface area contributed by atoms with Crippen molar-refractivity contribution in [2.24, 2.45) is 0 Å². The Morgan fingerprint density at radius 1 is 1.43 bits per heavy atom. The Hall–Kier alpha value is -2.35. The number of nitrogens with zero attached hydrogens (tertiary/aromatic N) is 4. The summed E-state index contributed by atoms with van der Waals surface area (Å²) in [5.41, 5.74) is 0.466. The van der Waals surface area contributed by atoms with Gasteiger partial charge in [0, 0.05) is 24.2 Å². The van der Waals surface area contributed by atoms with Crippen molar-refractivity contribution in [2.45, 2.75) is 32.9 Å². The molecule has 0 unspecified atom stereocenters. The number of hydrogen-bond donors (Lipinski definition) is 1. The summed E-state index contributed by atoms with van der Waals surface area (Å²) < 4.78 is 15.0. The van der Waals surface area contributed by atoms with E-state index < -0.39 is 16.4 Å². The maximum atomic E-state index is 13.6. The first kappa shape index (κ1) is 15.0.